The summed E-state index contributed by atoms with van der Waals surface area (Å²) in [5.41, 5.74) is 6.20. The molecule has 0 aliphatic carbocycles. The molecule has 8 nitrogen and oxygen atoms in total. The van der Waals surface area contributed by atoms with Gasteiger partial charge >= 0.3 is 5.97 Å². The quantitative estimate of drug-likeness (QED) is 0.591. The fraction of sp³-hybridized carbons (Fsp3) is 0.556. The number of ether oxygens (including phenoxy) is 1. The van der Waals surface area contributed by atoms with Crippen molar-refractivity contribution in [2.24, 2.45) is 5.73 Å². The first-order valence-corrected chi connectivity index (χ1v) is 10.6. The Morgan fingerprint density at radius 1 is 1.32 bits per heavy atom. The molecule has 1 atom stereocenters. The molecule has 0 saturated carbocycles. The average molecular weight is 434 g/mol. The van der Waals surface area contributed by atoms with Crippen molar-refractivity contribution in [2.45, 2.75) is 37.5 Å². The smallest absolute Gasteiger partial charge is 0.337 e. The van der Waals surface area contributed by atoms with Crippen LogP contribution in [0.25, 0.3) is 0 Å². The maximum absolute atomic E-state index is 13.0. The summed E-state index contributed by atoms with van der Waals surface area (Å²) in [6, 6.07) is 6.16. The van der Waals surface area contributed by atoms with Gasteiger partial charge in [-0.2, -0.15) is 4.31 Å². The van der Waals surface area contributed by atoms with Gasteiger partial charge < -0.3 is 15.8 Å². The molecule has 1 aliphatic heterocycles. The molecule has 1 aromatic rings. The third kappa shape index (κ3) is 6.73. The van der Waals surface area contributed by atoms with E-state index in [0.29, 0.717) is 24.1 Å². The molecule has 0 aromatic heterocycles. The average Bonchev–Trinajstić information content (AvgIpc) is 2.66. The molecule has 28 heavy (non-hydrogen) atoms. The van der Waals surface area contributed by atoms with Crippen LogP contribution in [0.1, 0.15) is 41.6 Å². The van der Waals surface area contributed by atoms with Crippen molar-refractivity contribution in [3.63, 3.8) is 0 Å². The molecule has 1 aliphatic rings. The van der Waals surface area contributed by atoms with Gasteiger partial charge in [0.1, 0.15) is 0 Å². The predicted octanol–water partition coefficient (Wildman–Crippen LogP) is 1.04. The second kappa shape index (κ2) is 11.4. The minimum atomic E-state index is -3.59. The number of amides is 1. The number of nitrogens with one attached hydrogen (secondary N) is 1. The second-order valence-electron chi connectivity index (χ2n) is 6.55. The molecule has 10 heteroatoms. The van der Waals surface area contributed by atoms with Crippen molar-refractivity contribution < 1.29 is 22.7 Å². The number of hydrogen-bond donors (Lipinski definition) is 2. The van der Waals surface area contributed by atoms with Crippen molar-refractivity contribution in [2.75, 3.05) is 26.7 Å². The fourth-order valence-corrected chi connectivity index (χ4v) is 5.00. The van der Waals surface area contributed by atoms with Gasteiger partial charge in [0.2, 0.25) is 15.9 Å². The molecule has 1 heterocycles. The number of benzene rings is 1. The number of carbonyl (C=O) groups excluding carboxylic acids is 2. The van der Waals surface area contributed by atoms with Gasteiger partial charge in [0.15, 0.2) is 0 Å². The lowest BCUT2D eigenvalue weighted by atomic mass is 10.1. The van der Waals surface area contributed by atoms with E-state index in [-0.39, 0.29) is 49.6 Å². The molecule has 1 saturated heterocycles. The van der Waals surface area contributed by atoms with Gasteiger partial charge in [0, 0.05) is 32.1 Å². The van der Waals surface area contributed by atoms with E-state index in [1.165, 1.54) is 17.5 Å². The van der Waals surface area contributed by atoms with E-state index < -0.39 is 16.0 Å². The Bertz CT molecular complexity index is 772. The van der Waals surface area contributed by atoms with Gasteiger partial charge in [-0.15, -0.1) is 12.4 Å². The largest absolute Gasteiger partial charge is 0.465 e. The number of hydrogen-bond acceptors (Lipinski definition) is 6. The lowest BCUT2D eigenvalue weighted by Gasteiger charge is -2.34. The standard InChI is InChI=1S/C18H27N3O5S.ClH/c1-26-18(23)15-6-4-5-14(11-15)13-27(24,25)21-10-3-2-7-16(21)12-20-17(22)8-9-19;/h4-6,11,16H,2-3,7-10,12-13,19H2,1H3,(H,20,22);1H. The Kier molecular flexibility index (Phi) is 9.88. The Labute approximate surface area is 172 Å². The zero-order chi connectivity index (χ0) is 19.9. The number of piperidine rings is 1. The summed E-state index contributed by atoms with van der Waals surface area (Å²) in [7, 11) is -2.31. The molecule has 0 radical (unpaired) electrons. The zero-order valence-electron chi connectivity index (χ0n) is 15.9. The number of nitrogens with zero attached hydrogens (tertiary/aromatic N) is 1. The fourth-order valence-electron chi connectivity index (χ4n) is 3.19. The van der Waals surface area contributed by atoms with E-state index in [9.17, 15) is 18.0 Å². The maximum Gasteiger partial charge on any atom is 0.337 e. The first kappa shape index (κ1) is 24.4. The van der Waals surface area contributed by atoms with Crippen LogP contribution in [0, 0.1) is 0 Å². The zero-order valence-corrected chi connectivity index (χ0v) is 17.6. The summed E-state index contributed by atoms with van der Waals surface area (Å²) >= 11 is 0. The normalized spacial score (nSPS) is 17.4. The molecule has 1 unspecified atom stereocenters. The molecule has 3 N–H and O–H groups in total. The highest BCUT2D eigenvalue weighted by molar-refractivity contribution is 7.88. The number of nitrogens with two attached hydrogens (primary N) is 1. The number of sulfonamides is 1. The van der Waals surface area contributed by atoms with E-state index in [1.807, 2.05) is 0 Å². The minimum Gasteiger partial charge on any atom is -0.465 e. The van der Waals surface area contributed by atoms with Crippen LogP contribution < -0.4 is 11.1 Å². The third-order valence-corrected chi connectivity index (χ3v) is 6.43. The van der Waals surface area contributed by atoms with E-state index in [0.717, 1.165) is 12.8 Å². The monoisotopic (exact) mass is 433 g/mol. The molecule has 1 amide bonds. The SMILES string of the molecule is COC(=O)c1cccc(CS(=O)(=O)N2CCCCC2CNC(=O)CCN)c1.Cl. The summed E-state index contributed by atoms with van der Waals surface area (Å²) in [5.74, 6) is -0.885. The highest BCUT2D eigenvalue weighted by Crippen LogP contribution is 2.23. The van der Waals surface area contributed by atoms with Gasteiger partial charge in [0.05, 0.1) is 18.4 Å². The number of rotatable bonds is 8. The van der Waals surface area contributed by atoms with Crippen LogP contribution in [0.4, 0.5) is 0 Å². The molecule has 2 rings (SSSR count). The van der Waals surface area contributed by atoms with Crippen LogP contribution in [-0.4, -0.2) is 57.4 Å². The Hall–Kier alpha value is -1.68. The van der Waals surface area contributed by atoms with Crippen molar-refractivity contribution in [1.29, 1.82) is 0 Å². The van der Waals surface area contributed by atoms with Crippen LogP contribution in [0.2, 0.25) is 0 Å². The molecule has 0 bridgehead atoms. The summed E-state index contributed by atoms with van der Waals surface area (Å²) in [5, 5.41) is 2.76. The Balaban J connectivity index is 0.00000392. The van der Waals surface area contributed by atoms with Crippen LogP contribution in [0.15, 0.2) is 24.3 Å². The predicted molar refractivity (Wildman–Crippen MR) is 109 cm³/mol. The first-order chi connectivity index (χ1) is 12.9. The first-order valence-electron chi connectivity index (χ1n) is 9.01. The van der Waals surface area contributed by atoms with Gasteiger partial charge in [0.25, 0.3) is 0 Å². The number of carbonyl (C=O) groups is 2. The van der Waals surface area contributed by atoms with Crippen molar-refractivity contribution >= 4 is 34.3 Å². The van der Waals surface area contributed by atoms with Gasteiger partial charge in [-0.25, -0.2) is 13.2 Å². The third-order valence-electron chi connectivity index (χ3n) is 4.53. The number of halogens is 1. The van der Waals surface area contributed by atoms with Crippen LogP contribution in [0.5, 0.6) is 0 Å². The lowest BCUT2D eigenvalue weighted by molar-refractivity contribution is -0.121. The van der Waals surface area contributed by atoms with Gasteiger partial charge in [-0.3, -0.25) is 4.79 Å². The van der Waals surface area contributed by atoms with Crippen LogP contribution in [0.3, 0.4) is 0 Å². The van der Waals surface area contributed by atoms with Gasteiger partial charge in [-0.1, -0.05) is 18.6 Å². The summed E-state index contributed by atoms with van der Waals surface area (Å²) in [6.45, 7) is 0.964. The lowest BCUT2D eigenvalue weighted by Crippen LogP contribution is -2.49. The topological polar surface area (TPSA) is 119 Å². The van der Waals surface area contributed by atoms with E-state index in [4.69, 9.17) is 5.73 Å². The molecule has 0 spiro atoms. The molecular formula is C18H28ClN3O5S. The highest BCUT2D eigenvalue weighted by atomic mass is 35.5. The van der Waals surface area contributed by atoms with Crippen molar-refractivity contribution in [3.05, 3.63) is 35.4 Å². The van der Waals surface area contributed by atoms with Gasteiger partial charge in [-0.05, 0) is 30.5 Å². The molecule has 1 fully saturated rings. The van der Waals surface area contributed by atoms with E-state index in [1.54, 1.807) is 18.2 Å². The molecule has 158 valence electrons. The van der Waals surface area contributed by atoms with Crippen LogP contribution in [-0.2, 0) is 25.3 Å². The number of esters is 1. The van der Waals surface area contributed by atoms with Crippen molar-refractivity contribution in [1.82, 2.24) is 9.62 Å². The Morgan fingerprint density at radius 2 is 2.07 bits per heavy atom. The maximum atomic E-state index is 13.0. The summed E-state index contributed by atoms with van der Waals surface area (Å²) < 4.78 is 32.1. The molecular weight excluding hydrogens is 406 g/mol. The van der Waals surface area contributed by atoms with E-state index >= 15 is 0 Å². The van der Waals surface area contributed by atoms with Crippen LogP contribution >= 0.6 is 12.4 Å². The minimum absolute atomic E-state index is 0. The number of methoxy groups -OCH3 is 1. The summed E-state index contributed by atoms with van der Waals surface area (Å²) in [4.78, 5) is 23.3. The second-order valence-corrected chi connectivity index (χ2v) is 8.47. The summed E-state index contributed by atoms with van der Waals surface area (Å²) in [6.07, 6.45) is 2.63. The highest BCUT2D eigenvalue weighted by Gasteiger charge is 2.32. The van der Waals surface area contributed by atoms with Crippen molar-refractivity contribution in [3.8, 4) is 0 Å². The Morgan fingerprint density at radius 3 is 2.75 bits per heavy atom. The molecule has 1 aromatic carbocycles. The van der Waals surface area contributed by atoms with E-state index in [2.05, 4.69) is 10.1 Å².